The minimum atomic E-state index is 0.163. The molecule has 7 heteroatoms. The molecule has 126 valence electrons. The Kier molecular flexibility index (Phi) is 6.84. The first-order chi connectivity index (χ1) is 11.6. The van der Waals surface area contributed by atoms with E-state index in [0.29, 0.717) is 29.7 Å². The first-order valence-corrected chi connectivity index (χ1v) is 8.16. The summed E-state index contributed by atoms with van der Waals surface area (Å²) in [5.41, 5.74) is 9.78. The van der Waals surface area contributed by atoms with Crippen LogP contribution in [-0.4, -0.2) is 17.9 Å². The van der Waals surface area contributed by atoms with Gasteiger partial charge in [0.25, 0.3) is 0 Å². The molecule has 2 aromatic carbocycles. The number of thiocarbonyl (C=S) groups is 1. The lowest BCUT2D eigenvalue weighted by Crippen LogP contribution is -2.82. The molecule has 2 aromatic rings. The van der Waals surface area contributed by atoms with Crippen LogP contribution in [0.15, 0.2) is 42.5 Å². The molecule has 0 saturated heterocycles. The number of hydrogen-bond acceptors (Lipinski definition) is 3. The molecule has 0 atom stereocenters. The van der Waals surface area contributed by atoms with Gasteiger partial charge < -0.3 is 15.2 Å². The summed E-state index contributed by atoms with van der Waals surface area (Å²) in [4.78, 5) is 0. The van der Waals surface area contributed by atoms with Crippen molar-refractivity contribution in [3.63, 3.8) is 0 Å². The van der Waals surface area contributed by atoms with Gasteiger partial charge in [-0.25, -0.2) is 0 Å². The van der Waals surface area contributed by atoms with Crippen molar-refractivity contribution in [2.75, 3.05) is 6.61 Å². The molecule has 4 N–H and O–H groups in total. The van der Waals surface area contributed by atoms with Crippen LogP contribution in [0.5, 0.6) is 11.5 Å². The number of benzene rings is 2. The summed E-state index contributed by atoms with van der Waals surface area (Å²) < 4.78 is 11.5. The third kappa shape index (κ3) is 5.40. The topological polar surface area (TPSA) is 70.5 Å². The van der Waals surface area contributed by atoms with Crippen LogP contribution in [0.4, 0.5) is 0 Å². The molecule has 0 saturated carbocycles. The fourth-order valence-corrected chi connectivity index (χ4v) is 2.21. The standard InChI is InChI=1S/C17H18ClN3O2S/c1-2-22-16-9-12(10-20-21-17(19)24)7-8-15(16)23-11-13-5-3-4-6-14(13)18/h3-10H,2,11H2,1H3,(H3,19,21,24)/p+1. The van der Waals surface area contributed by atoms with E-state index in [4.69, 9.17) is 39.0 Å². The summed E-state index contributed by atoms with van der Waals surface area (Å²) in [6.07, 6.45) is 1.72. The first kappa shape index (κ1) is 18.0. The zero-order valence-corrected chi connectivity index (χ0v) is 14.8. The summed E-state index contributed by atoms with van der Waals surface area (Å²) in [6, 6.07) is 13.2. The molecule has 0 spiro atoms. The van der Waals surface area contributed by atoms with Crippen LogP contribution in [0.3, 0.4) is 0 Å². The predicted octanol–water partition coefficient (Wildman–Crippen LogP) is 1.57. The van der Waals surface area contributed by atoms with Gasteiger partial charge in [-0.15, -0.1) is 10.5 Å². The molecule has 0 unspecified atom stereocenters. The summed E-state index contributed by atoms with van der Waals surface area (Å²) >= 11 is 10.9. The molecule has 0 heterocycles. The number of rotatable bonds is 7. The van der Waals surface area contributed by atoms with E-state index in [9.17, 15) is 0 Å². The van der Waals surface area contributed by atoms with Gasteiger partial charge in [0.05, 0.1) is 6.61 Å². The third-order valence-electron chi connectivity index (χ3n) is 3.04. The molecule has 0 aliphatic carbocycles. The number of ether oxygens (including phenoxy) is 2. The van der Waals surface area contributed by atoms with Gasteiger partial charge in [0.1, 0.15) is 6.61 Å². The Balaban J connectivity index is 2.12. The Morgan fingerprint density at radius 1 is 1.25 bits per heavy atom. The lowest BCUT2D eigenvalue weighted by Gasteiger charge is -2.12. The zero-order chi connectivity index (χ0) is 17.4. The number of hydrazine groups is 1. The molecule has 0 aromatic heterocycles. The van der Waals surface area contributed by atoms with Crippen molar-refractivity contribution in [3.8, 4) is 11.5 Å². The minimum Gasteiger partial charge on any atom is -0.490 e. The third-order valence-corrected chi connectivity index (χ3v) is 3.51. The Morgan fingerprint density at radius 3 is 2.75 bits per heavy atom. The van der Waals surface area contributed by atoms with Crippen molar-refractivity contribution < 1.29 is 14.6 Å². The van der Waals surface area contributed by atoms with E-state index in [-0.39, 0.29) is 5.11 Å². The molecule has 0 aliphatic heterocycles. The second-order valence-corrected chi connectivity index (χ2v) is 5.64. The Labute approximate surface area is 151 Å². The van der Waals surface area contributed by atoms with E-state index >= 15 is 0 Å². The highest BCUT2D eigenvalue weighted by molar-refractivity contribution is 7.80. The van der Waals surface area contributed by atoms with Crippen molar-refractivity contribution in [1.29, 1.82) is 0 Å². The Bertz CT molecular complexity index is 738. The normalized spacial score (nSPS) is 10.6. The van der Waals surface area contributed by atoms with Crippen LogP contribution in [-0.2, 0) is 6.61 Å². The molecule has 5 nitrogen and oxygen atoms in total. The second-order valence-electron chi connectivity index (χ2n) is 4.80. The number of hydrazone groups is 1. The van der Waals surface area contributed by atoms with Crippen LogP contribution < -0.4 is 25.7 Å². The van der Waals surface area contributed by atoms with Gasteiger partial charge in [-0.3, -0.25) is 0 Å². The lowest BCUT2D eigenvalue weighted by molar-refractivity contribution is -0.499. The summed E-state index contributed by atoms with van der Waals surface area (Å²) in [7, 11) is 0. The zero-order valence-electron chi connectivity index (χ0n) is 13.2. The molecule has 0 bridgehead atoms. The monoisotopic (exact) mass is 364 g/mol. The number of halogens is 1. The van der Waals surface area contributed by atoms with E-state index in [1.807, 2.05) is 49.4 Å². The maximum Gasteiger partial charge on any atom is 0.221 e. The van der Waals surface area contributed by atoms with Crippen LogP contribution >= 0.6 is 23.8 Å². The molecule has 0 radical (unpaired) electrons. The van der Waals surface area contributed by atoms with Crippen molar-refractivity contribution >= 4 is 35.1 Å². The van der Waals surface area contributed by atoms with E-state index in [2.05, 4.69) is 10.5 Å². The number of hydrogen-bond donors (Lipinski definition) is 3. The van der Waals surface area contributed by atoms with Gasteiger partial charge in [-0.2, -0.15) is 0 Å². The van der Waals surface area contributed by atoms with Crippen LogP contribution in [0.1, 0.15) is 18.1 Å². The van der Waals surface area contributed by atoms with Gasteiger partial charge in [0, 0.05) is 16.1 Å². The highest BCUT2D eigenvalue weighted by Gasteiger charge is 2.08. The van der Waals surface area contributed by atoms with Gasteiger partial charge in [0.2, 0.25) is 5.11 Å². The summed E-state index contributed by atoms with van der Waals surface area (Å²) in [5.74, 6) is 1.30. The van der Waals surface area contributed by atoms with Gasteiger partial charge in [-0.1, -0.05) is 29.8 Å². The van der Waals surface area contributed by atoms with E-state index in [1.165, 1.54) is 0 Å². The molecule has 24 heavy (non-hydrogen) atoms. The number of nitrogens with two attached hydrogens (primary N) is 1. The van der Waals surface area contributed by atoms with Crippen LogP contribution in [0.2, 0.25) is 5.02 Å². The summed E-state index contributed by atoms with van der Waals surface area (Å²) in [5, 5.41) is 3.64. The Morgan fingerprint density at radius 2 is 2.04 bits per heavy atom. The maximum atomic E-state index is 6.15. The molecule has 0 amide bonds. The van der Waals surface area contributed by atoms with E-state index < -0.39 is 0 Å². The maximum absolute atomic E-state index is 6.15. The molecular formula is C17H19ClN3O2S+. The highest BCUT2D eigenvalue weighted by atomic mass is 35.5. The van der Waals surface area contributed by atoms with Crippen molar-refractivity contribution in [1.82, 2.24) is 5.43 Å². The van der Waals surface area contributed by atoms with E-state index in [1.54, 1.807) is 6.21 Å². The SMILES string of the molecule is CCOc1cc(C=[NH+]NC(N)=S)ccc1OCc1ccccc1Cl. The highest BCUT2D eigenvalue weighted by Crippen LogP contribution is 2.29. The van der Waals surface area contributed by atoms with Crippen LogP contribution in [0.25, 0.3) is 0 Å². The molecule has 2 rings (SSSR count). The van der Waals surface area contributed by atoms with Crippen molar-refractivity contribution in [2.45, 2.75) is 13.5 Å². The van der Waals surface area contributed by atoms with E-state index in [0.717, 1.165) is 11.1 Å². The van der Waals surface area contributed by atoms with Crippen molar-refractivity contribution in [3.05, 3.63) is 58.6 Å². The fourth-order valence-electron chi connectivity index (χ4n) is 1.96. The largest absolute Gasteiger partial charge is 0.490 e. The minimum absolute atomic E-state index is 0.163. The van der Waals surface area contributed by atoms with Crippen molar-refractivity contribution in [2.24, 2.45) is 5.73 Å². The first-order valence-electron chi connectivity index (χ1n) is 7.37. The molecular weight excluding hydrogens is 346 g/mol. The molecule has 0 fully saturated rings. The van der Waals surface area contributed by atoms with Gasteiger partial charge in [-0.05, 0) is 43.4 Å². The molecule has 0 aliphatic rings. The Hall–Kier alpha value is -2.31. The quantitative estimate of drug-likeness (QED) is 0.395. The van der Waals surface area contributed by atoms with Gasteiger partial charge >= 0.3 is 0 Å². The average Bonchev–Trinajstić information content (AvgIpc) is 2.55. The number of nitrogens with one attached hydrogen (secondary N) is 2. The second kappa shape index (κ2) is 9.10. The van der Waals surface area contributed by atoms with Gasteiger partial charge in [0.15, 0.2) is 17.7 Å². The fraction of sp³-hybridized carbons (Fsp3) is 0.176. The predicted molar refractivity (Wildman–Crippen MR) is 99.4 cm³/mol. The summed E-state index contributed by atoms with van der Waals surface area (Å²) in [6.45, 7) is 2.81. The smallest absolute Gasteiger partial charge is 0.221 e. The lowest BCUT2D eigenvalue weighted by atomic mass is 10.2. The average molecular weight is 365 g/mol. The van der Waals surface area contributed by atoms with Crippen LogP contribution in [0, 0.1) is 0 Å².